The summed E-state index contributed by atoms with van der Waals surface area (Å²) >= 11 is 0. The van der Waals surface area contributed by atoms with Crippen molar-refractivity contribution in [3.8, 4) is 0 Å². The zero-order valence-electron chi connectivity index (χ0n) is 18.7. The molecule has 9 heteroatoms. The van der Waals surface area contributed by atoms with Gasteiger partial charge in [-0.15, -0.1) is 0 Å². The van der Waals surface area contributed by atoms with Crippen molar-refractivity contribution in [3.63, 3.8) is 0 Å². The zero-order chi connectivity index (χ0) is 24.8. The highest BCUT2D eigenvalue weighted by Crippen LogP contribution is 2.25. The first-order valence-electron chi connectivity index (χ1n) is 10.3. The van der Waals surface area contributed by atoms with Gasteiger partial charge < -0.3 is 26.8 Å². The highest BCUT2D eigenvalue weighted by atomic mass is 16.5. The molecule has 0 spiro atoms. The fourth-order valence-corrected chi connectivity index (χ4v) is 3.19. The lowest BCUT2D eigenvalue weighted by molar-refractivity contribution is -0.119. The molecule has 3 amide bonds. The highest BCUT2D eigenvalue weighted by molar-refractivity contribution is 6.02. The van der Waals surface area contributed by atoms with E-state index in [1.54, 1.807) is 24.3 Å². The van der Waals surface area contributed by atoms with Crippen LogP contribution in [0.3, 0.4) is 0 Å². The van der Waals surface area contributed by atoms with Crippen LogP contribution in [0, 0.1) is 13.8 Å². The van der Waals surface area contributed by atoms with Crippen molar-refractivity contribution in [3.05, 3.63) is 88.5 Å². The van der Waals surface area contributed by atoms with E-state index in [0.717, 1.165) is 16.8 Å². The predicted octanol–water partition coefficient (Wildman–Crippen LogP) is 3.04. The van der Waals surface area contributed by atoms with Gasteiger partial charge in [0.15, 0.2) is 6.61 Å². The van der Waals surface area contributed by atoms with Gasteiger partial charge in [0.25, 0.3) is 5.91 Å². The maximum Gasteiger partial charge on any atom is 0.340 e. The molecule has 3 aromatic carbocycles. The quantitative estimate of drug-likeness (QED) is 0.379. The van der Waals surface area contributed by atoms with Crippen LogP contribution in [0.4, 0.5) is 17.1 Å². The van der Waals surface area contributed by atoms with Crippen LogP contribution < -0.4 is 22.1 Å². The van der Waals surface area contributed by atoms with Gasteiger partial charge in [0.05, 0.1) is 11.3 Å². The Morgan fingerprint density at radius 3 is 2.09 bits per heavy atom. The fraction of sp³-hybridized carbons (Fsp3) is 0.120. The van der Waals surface area contributed by atoms with Gasteiger partial charge in [-0.2, -0.15) is 0 Å². The topological polar surface area (TPSA) is 154 Å². The number of amides is 3. The van der Waals surface area contributed by atoms with E-state index in [9.17, 15) is 19.2 Å². The van der Waals surface area contributed by atoms with Gasteiger partial charge in [-0.05, 0) is 61.4 Å². The summed E-state index contributed by atoms with van der Waals surface area (Å²) in [4.78, 5) is 48.0. The Hall–Kier alpha value is -4.66. The third kappa shape index (κ3) is 5.77. The molecule has 0 fully saturated rings. The third-order valence-corrected chi connectivity index (χ3v) is 5.14. The van der Waals surface area contributed by atoms with Gasteiger partial charge in [0.2, 0.25) is 11.8 Å². The van der Waals surface area contributed by atoms with Crippen molar-refractivity contribution in [1.29, 1.82) is 0 Å². The molecule has 0 aliphatic heterocycles. The van der Waals surface area contributed by atoms with E-state index < -0.39 is 30.3 Å². The second kappa shape index (κ2) is 10.3. The summed E-state index contributed by atoms with van der Waals surface area (Å²) in [7, 11) is 0. The molecule has 0 aromatic heterocycles. The molecule has 0 heterocycles. The third-order valence-electron chi connectivity index (χ3n) is 5.14. The molecule has 0 aliphatic rings. The van der Waals surface area contributed by atoms with Crippen LogP contribution >= 0.6 is 0 Å². The standard InChI is InChI=1S/C25H24N4O5/c1-14-6-5-9-20(15(14)2)29-21-8-4-3-7-19(21)25(33)34-13-22(30)28-18-11-16(23(26)31)10-17(12-18)24(27)32/h3-12,29H,13H2,1-2H3,(H2,26,31)(H2,27,32)(H,28,30). The Morgan fingerprint density at radius 1 is 0.824 bits per heavy atom. The van der Waals surface area contributed by atoms with Gasteiger partial charge in [-0.25, -0.2) is 4.79 Å². The molecule has 0 unspecified atom stereocenters. The lowest BCUT2D eigenvalue weighted by Crippen LogP contribution is -2.22. The number of carbonyl (C=O) groups excluding carboxylic acids is 4. The Kier molecular flexibility index (Phi) is 7.27. The SMILES string of the molecule is Cc1cccc(Nc2ccccc2C(=O)OCC(=O)Nc2cc(C(N)=O)cc(C(N)=O)c2)c1C. The maximum absolute atomic E-state index is 12.7. The van der Waals surface area contributed by atoms with Gasteiger partial charge in [0.1, 0.15) is 0 Å². The summed E-state index contributed by atoms with van der Waals surface area (Å²) in [5.74, 6) is -2.96. The summed E-state index contributed by atoms with van der Waals surface area (Å²) in [6.07, 6.45) is 0. The van der Waals surface area contributed by atoms with Crippen LogP contribution in [0.25, 0.3) is 0 Å². The van der Waals surface area contributed by atoms with E-state index >= 15 is 0 Å². The van der Waals surface area contributed by atoms with Crippen molar-refractivity contribution < 1.29 is 23.9 Å². The number of primary amides is 2. The second-order valence-electron chi connectivity index (χ2n) is 7.57. The molecule has 0 radical (unpaired) electrons. The second-order valence-corrected chi connectivity index (χ2v) is 7.57. The van der Waals surface area contributed by atoms with E-state index in [0.29, 0.717) is 5.69 Å². The molecule has 3 rings (SSSR count). The predicted molar refractivity (Wildman–Crippen MR) is 128 cm³/mol. The number of carbonyl (C=O) groups is 4. The summed E-state index contributed by atoms with van der Waals surface area (Å²) < 4.78 is 5.18. The Morgan fingerprint density at radius 2 is 1.44 bits per heavy atom. The summed E-state index contributed by atoms with van der Waals surface area (Å²) in [6.45, 7) is 3.37. The lowest BCUT2D eigenvalue weighted by atomic mass is 10.1. The van der Waals surface area contributed by atoms with Crippen LogP contribution in [0.1, 0.15) is 42.2 Å². The highest BCUT2D eigenvalue weighted by Gasteiger charge is 2.16. The minimum Gasteiger partial charge on any atom is -0.452 e. The summed E-state index contributed by atoms with van der Waals surface area (Å²) in [5.41, 5.74) is 14.4. The fourth-order valence-electron chi connectivity index (χ4n) is 3.19. The van der Waals surface area contributed by atoms with Gasteiger partial charge >= 0.3 is 5.97 Å². The van der Waals surface area contributed by atoms with Gasteiger partial charge in [-0.3, -0.25) is 14.4 Å². The van der Waals surface area contributed by atoms with E-state index in [1.807, 2.05) is 32.0 Å². The smallest absolute Gasteiger partial charge is 0.340 e. The molecule has 0 aliphatic carbocycles. The molecule has 34 heavy (non-hydrogen) atoms. The van der Waals surface area contributed by atoms with Gasteiger partial charge in [0, 0.05) is 22.5 Å². The van der Waals surface area contributed by atoms with Crippen molar-refractivity contribution in [2.45, 2.75) is 13.8 Å². The molecule has 0 saturated carbocycles. The van der Waals surface area contributed by atoms with Crippen molar-refractivity contribution in [1.82, 2.24) is 0 Å². The van der Waals surface area contributed by atoms with E-state index in [4.69, 9.17) is 16.2 Å². The van der Waals surface area contributed by atoms with Crippen LogP contribution in [0.5, 0.6) is 0 Å². The Labute approximate surface area is 196 Å². The van der Waals surface area contributed by atoms with Crippen LogP contribution in [-0.4, -0.2) is 30.3 Å². The van der Waals surface area contributed by atoms with Crippen LogP contribution in [-0.2, 0) is 9.53 Å². The number of anilines is 3. The van der Waals surface area contributed by atoms with Crippen molar-refractivity contribution in [2.75, 3.05) is 17.2 Å². The van der Waals surface area contributed by atoms with E-state index in [1.165, 1.54) is 18.2 Å². The first-order chi connectivity index (χ1) is 16.2. The number of nitrogens with two attached hydrogens (primary N) is 2. The Balaban J connectivity index is 1.70. The van der Waals surface area contributed by atoms with E-state index in [-0.39, 0.29) is 22.4 Å². The number of benzene rings is 3. The molecule has 3 aromatic rings. The Bertz CT molecular complexity index is 1250. The number of hydrogen-bond acceptors (Lipinski definition) is 6. The monoisotopic (exact) mass is 460 g/mol. The first kappa shape index (κ1) is 24.0. The number of ether oxygens (including phenoxy) is 1. The molecular weight excluding hydrogens is 436 g/mol. The number of aryl methyl sites for hydroxylation is 1. The minimum absolute atomic E-state index is 0.00459. The molecule has 174 valence electrons. The van der Waals surface area contributed by atoms with Crippen molar-refractivity contribution in [2.24, 2.45) is 11.5 Å². The number of esters is 1. The van der Waals surface area contributed by atoms with Crippen LogP contribution in [0.2, 0.25) is 0 Å². The maximum atomic E-state index is 12.7. The molecule has 0 atom stereocenters. The van der Waals surface area contributed by atoms with Crippen molar-refractivity contribution >= 4 is 40.8 Å². The first-order valence-corrected chi connectivity index (χ1v) is 10.3. The normalized spacial score (nSPS) is 10.3. The lowest BCUT2D eigenvalue weighted by Gasteiger charge is -2.14. The zero-order valence-corrected chi connectivity index (χ0v) is 18.7. The van der Waals surface area contributed by atoms with Crippen LogP contribution in [0.15, 0.2) is 60.7 Å². The molecule has 9 nitrogen and oxygen atoms in total. The largest absolute Gasteiger partial charge is 0.452 e. The average Bonchev–Trinajstić information content (AvgIpc) is 2.80. The van der Waals surface area contributed by atoms with E-state index in [2.05, 4.69) is 10.6 Å². The molecule has 6 N–H and O–H groups in total. The summed E-state index contributed by atoms with van der Waals surface area (Å²) in [6, 6.07) is 16.4. The molecule has 0 bridgehead atoms. The summed E-state index contributed by atoms with van der Waals surface area (Å²) in [5, 5.41) is 5.69. The number of hydrogen-bond donors (Lipinski definition) is 4. The minimum atomic E-state index is -0.794. The number of para-hydroxylation sites is 1. The number of rotatable bonds is 8. The molecule has 0 saturated heterocycles. The number of nitrogens with one attached hydrogen (secondary N) is 2. The van der Waals surface area contributed by atoms with Gasteiger partial charge in [-0.1, -0.05) is 24.3 Å². The average molecular weight is 460 g/mol. The molecular formula is C25H24N4O5.